The smallest absolute Gasteiger partial charge is 0.272 e. The Morgan fingerprint density at radius 2 is 2.00 bits per heavy atom. The molecule has 108 valence electrons. The van der Waals surface area contributed by atoms with E-state index >= 15 is 0 Å². The van der Waals surface area contributed by atoms with Gasteiger partial charge in [0.2, 0.25) is 0 Å². The molecule has 1 atom stereocenters. The Morgan fingerprint density at radius 3 is 2.70 bits per heavy atom. The Bertz CT molecular complexity index is 467. The number of anilines is 1. The molecule has 0 bridgehead atoms. The van der Waals surface area contributed by atoms with Gasteiger partial charge in [-0.25, -0.2) is 4.98 Å². The number of pyridine rings is 1. The van der Waals surface area contributed by atoms with Crippen LogP contribution in [0.15, 0.2) is 18.3 Å². The number of hydrogen-bond acceptors (Lipinski definition) is 4. The van der Waals surface area contributed by atoms with E-state index in [0.717, 1.165) is 19.5 Å². The zero-order valence-electron chi connectivity index (χ0n) is 11.8. The molecule has 0 radical (unpaired) electrons. The number of nitrogens with zero attached hydrogens (tertiary/aromatic N) is 3. The van der Waals surface area contributed by atoms with Gasteiger partial charge in [0, 0.05) is 19.1 Å². The molecule has 0 aromatic carbocycles. The number of nitrogen functional groups attached to an aromatic ring is 1. The molecule has 2 saturated heterocycles. The van der Waals surface area contributed by atoms with Crippen molar-refractivity contribution in [2.75, 3.05) is 31.9 Å². The molecule has 2 fully saturated rings. The van der Waals surface area contributed by atoms with Gasteiger partial charge in [-0.15, -0.1) is 0 Å². The Balaban J connectivity index is 1.61. The van der Waals surface area contributed by atoms with Gasteiger partial charge in [0.1, 0.15) is 5.69 Å². The summed E-state index contributed by atoms with van der Waals surface area (Å²) in [7, 11) is 0. The molecule has 2 N–H and O–H groups in total. The van der Waals surface area contributed by atoms with Gasteiger partial charge in [-0.2, -0.15) is 0 Å². The maximum absolute atomic E-state index is 12.4. The number of carbonyl (C=O) groups excluding carboxylic acids is 1. The lowest BCUT2D eigenvalue weighted by Gasteiger charge is -2.32. The number of nitrogens with two attached hydrogens (primary N) is 1. The van der Waals surface area contributed by atoms with E-state index in [1.54, 1.807) is 18.3 Å². The van der Waals surface area contributed by atoms with Gasteiger partial charge in [0.15, 0.2) is 0 Å². The van der Waals surface area contributed by atoms with Crippen LogP contribution < -0.4 is 5.73 Å². The van der Waals surface area contributed by atoms with Crippen LogP contribution in [0.4, 0.5) is 5.69 Å². The third kappa shape index (κ3) is 2.77. The van der Waals surface area contributed by atoms with Crippen molar-refractivity contribution in [3.05, 3.63) is 24.0 Å². The highest BCUT2D eigenvalue weighted by molar-refractivity contribution is 5.92. The molecular formula is C15H22N4O. The molecule has 1 unspecified atom stereocenters. The maximum Gasteiger partial charge on any atom is 0.272 e. The summed E-state index contributed by atoms with van der Waals surface area (Å²) in [6.07, 6.45) is 6.57. The minimum absolute atomic E-state index is 0.0320. The normalized spacial score (nSPS) is 24.0. The monoisotopic (exact) mass is 274 g/mol. The predicted molar refractivity (Wildman–Crippen MR) is 78.4 cm³/mol. The topological polar surface area (TPSA) is 62.5 Å². The second-order valence-corrected chi connectivity index (χ2v) is 5.77. The van der Waals surface area contributed by atoms with Gasteiger partial charge in [0.25, 0.3) is 5.91 Å². The second kappa shape index (κ2) is 5.79. The van der Waals surface area contributed by atoms with Gasteiger partial charge in [-0.3, -0.25) is 9.69 Å². The van der Waals surface area contributed by atoms with Crippen LogP contribution in [0.5, 0.6) is 0 Å². The summed E-state index contributed by atoms with van der Waals surface area (Å²) in [5.41, 5.74) is 6.70. The maximum atomic E-state index is 12.4. The molecule has 2 aliphatic rings. The molecule has 5 heteroatoms. The number of piperidine rings is 1. The number of amides is 1. The molecule has 2 aliphatic heterocycles. The van der Waals surface area contributed by atoms with Gasteiger partial charge in [-0.1, -0.05) is 6.42 Å². The molecule has 0 aliphatic carbocycles. The summed E-state index contributed by atoms with van der Waals surface area (Å²) >= 11 is 0. The van der Waals surface area contributed by atoms with E-state index in [-0.39, 0.29) is 5.91 Å². The first kappa shape index (κ1) is 13.4. The van der Waals surface area contributed by atoms with Crippen LogP contribution in [0.1, 0.15) is 36.2 Å². The van der Waals surface area contributed by atoms with Crippen molar-refractivity contribution in [1.29, 1.82) is 0 Å². The highest BCUT2D eigenvalue weighted by Crippen LogP contribution is 2.21. The van der Waals surface area contributed by atoms with Gasteiger partial charge in [0.05, 0.1) is 11.9 Å². The summed E-state index contributed by atoms with van der Waals surface area (Å²) < 4.78 is 0. The van der Waals surface area contributed by atoms with Crippen LogP contribution >= 0.6 is 0 Å². The van der Waals surface area contributed by atoms with E-state index in [0.29, 0.717) is 17.4 Å². The van der Waals surface area contributed by atoms with Crippen molar-refractivity contribution in [3.63, 3.8) is 0 Å². The van der Waals surface area contributed by atoms with Crippen molar-refractivity contribution >= 4 is 11.6 Å². The van der Waals surface area contributed by atoms with E-state index in [4.69, 9.17) is 5.73 Å². The first-order valence-electron chi connectivity index (χ1n) is 7.49. The van der Waals surface area contributed by atoms with Crippen molar-refractivity contribution < 1.29 is 4.79 Å². The van der Waals surface area contributed by atoms with E-state index in [2.05, 4.69) is 9.88 Å². The van der Waals surface area contributed by atoms with Crippen LogP contribution in [0.2, 0.25) is 0 Å². The second-order valence-electron chi connectivity index (χ2n) is 5.77. The molecule has 3 rings (SSSR count). The predicted octanol–water partition coefficient (Wildman–Crippen LogP) is 1.36. The molecule has 1 amide bonds. The molecule has 5 nitrogen and oxygen atoms in total. The standard InChI is InChI=1S/C15H22N4O/c16-12-4-5-14(17-10-12)15(20)19-9-6-13(11-19)18-7-2-1-3-8-18/h4-5,10,13H,1-3,6-9,11,16H2. The molecule has 3 heterocycles. The first-order chi connectivity index (χ1) is 9.74. The van der Waals surface area contributed by atoms with Crippen LogP contribution in [-0.2, 0) is 0 Å². The Labute approximate surface area is 119 Å². The minimum Gasteiger partial charge on any atom is -0.397 e. The quantitative estimate of drug-likeness (QED) is 0.884. The zero-order chi connectivity index (χ0) is 13.9. The number of aromatic nitrogens is 1. The lowest BCUT2D eigenvalue weighted by molar-refractivity contribution is 0.0766. The molecule has 0 spiro atoms. The van der Waals surface area contributed by atoms with E-state index in [9.17, 15) is 4.79 Å². The first-order valence-corrected chi connectivity index (χ1v) is 7.49. The van der Waals surface area contributed by atoms with Crippen LogP contribution in [0, 0.1) is 0 Å². The lowest BCUT2D eigenvalue weighted by Crippen LogP contribution is -2.41. The van der Waals surface area contributed by atoms with Crippen molar-refractivity contribution in [3.8, 4) is 0 Å². The van der Waals surface area contributed by atoms with Crippen molar-refractivity contribution in [1.82, 2.24) is 14.8 Å². The number of hydrogen-bond donors (Lipinski definition) is 1. The van der Waals surface area contributed by atoms with Crippen LogP contribution in [-0.4, -0.2) is 52.9 Å². The largest absolute Gasteiger partial charge is 0.397 e. The summed E-state index contributed by atoms with van der Waals surface area (Å²) in [4.78, 5) is 21.0. The lowest BCUT2D eigenvalue weighted by atomic mass is 10.1. The van der Waals surface area contributed by atoms with E-state index in [1.165, 1.54) is 32.4 Å². The van der Waals surface area contributed by atoms with Gasteiger partial charge >= 0.3 is 0 Å². The summed E-state index contributed by atoms with van der Waals surface area (Å²) in [6.45, 7) is 4.05. The third-order valence-electron chi connectivity index (χ3n) is 4.36. The molecule has 1 aromatic rings. The number of rotatable bonds is 2. The molecular weight excluding hydrogens is 252 g/mol. The number of carbonyl (C=O) groups is 1. The Morgan fingerprint density at radius 1 is 1.20 bits per heavy atom. The van der Waals surface area contributed by atoms with Crippen molar-refractivity contribution in [2.45, 2.75) is 31.7 Å². The molecule has 20 heavy (non-hydrogen) atoms. The van der Waals surface area contributed by atoms with E-state index in [1.807, 2.05) is 4.90 Å². The van der Waals surface area contributed by atoms with Crippen molar-refractivity contribution in [2.24, 2.45) is 0 Å². The summed E-state index contributed by atoms with van der Waals surface area (Å²) in [6, 6.07) is 3.98. The van der Waals surface area contributed by atoms with E-state index < -0.39 is 0 Å². The van der Waals surface area contributed by atoms with Gasteiger partial charge in [-0.05, 0) is 44.5 Å². The highest BCUT2D eigenvalue weighted by atomic mass is 16.2. The average Bonchev–Trinajstić information content (AvgIpc) is 2.98. The Kier molecular flexibility index (Phi) is 3.87. The fourth-order valence-corrected chi connectivity index (χ4v) is 3.20. The van der Waals surface area contributed by atoms with Gasteiger partial charge < -0.3 is 10.6 Å². The Hall–Kier alpha value is -1.62. The van der Waals surface area contributed by atoms with Crippen LogP contribution in [0.3, 0.4) is 0 Å². The van der Waals surface area contributed by atoms with Crippen LogP contribution in [0.25, 0.3) is 0 Å². The summed E-state index contributed by atoms with van der Waals surface area (Å²) in [5, 5.41) is 0. The molecule has 0 saturated carbocycles. The highest BCUT2D eigenvalue weighted by Gasteiger charge is 2.31. The number of likely N-dealkylation sites (tertiary alicyclic amines) is 2. The fraction of sp³-hybridized carbons (Fsp3) is 0.600. The average molecular weight is 274 g/mol. The molecule has 1 aromatic heterocycles. The minimum atomic E-state index is 0.0320. The zero-order valence-corrected chi connectivity index (χ0v) is 11.8. The third-order valence-corrected chi connectivity index (χ3v) is 4.36. The summed E-state index contributed by atoms with van der Waals surface area (Å²) in [5.74, 6) is 0.0320. The fourth-order valence-electron chi connectivity index (χ4n) is 3.20. The SMILES string of the molecule is Nc1ccc(C(=O)N2CCC(N3CCCCC3)C2)nc1.